The van der Waals surface area contributed by atoms with Gasteiger partial charge in [-0.3, -0.25) is 0 Å². The third-order valence-corrected chi connectivity index (χ3v) is 3.08. The van der Waals surface area contributed by atoms with Gasteiger partial charge in [0.15, 0.2) is 0 Å². The lowest BCUT2D eigenvalue weighted by Gasteiger charge is -2.09. The van der Waals surface area contributed by atoms with Crippen LogP contribution in [0.4, 0.5) is 17.3 Å². The average molecular weight is 308 g/mol. The predicted molar refractivity (Wildman–Crippen MR) is 77.8 cm³/mol. The average Bonchev–Trinajstić information content (AvgIpc) is 2.41. The summed E-state index contributed by atoms with van der Waals surface area (Å²) in [5.74, 6) is 2.39. The molecular weight excluding hydrogens is 294 g/mol. The second-order valence-electron chi connectivity index (χ2n) is 3.63. The van der Waals surface area contributed by atoms with Gasteiger partial charge in [-0.25, -0.2) is 4.98 Å². The molecule has 2 aromatic rings. The fourth-order valence-corrected chi connectivity index (χ4v) is 1.94. The fourth-order valence-electron chi connectivity index (χ4n) is 1.53. The Kier molecular flexibility index (Phi) is 4.04. The number of halogens is 1. The van der Waals surface area contributed by atoms with Crippen LogP contribution >= 0.6 is 15.9 Å². The summed E-state index contributed by atoms with van der Waals surface area (Å²) < 4.78 is 6.17. The van der Waals surface area contributed by atoms with Crippen LogP contribution in [0.25, 0.3) is 0 Å². The number of ether oxygens (including phenoxy) is 1. The van der Waals surface area contributed by atoms with Crippen LogP contribution in [0.3, 0.4) is 0 Å². The van der Waals surface area contributed by atoms with E-state index in [1.807, 2.05) is 43.4 Å². The molecule has 1 heterocycles. The number of anilines is 3. The number of pyridine rings is 1. The van der Waals surface area contributed by atoms with Gasteiger partial charge in [0.05, 0.1) is 11.6 Å². The van der Waals surface area contributed by atoms with Crippen LogP contribution in [0.2, 0.25) is 0 Å². The van der Waals surface area contributed by atoms with Crippen molar-refractivity contribution in [2.75, 3.05) is 24.8 Å². The third kappa shape index (κ3) is 2.92. The lowest BCUT2D eigenvalue weighted by atomic mass is 10.3. The first kappa shape index (κ1) is 12.7. The molecule has 0 fully saturated rings. The molecule has 0 aliphatic rings. The first-order valence-electron chi connectivity index (χ1n) is 5.48. The molecule has 0 aliphatic heterocycles. The summed E-state index contributed by atoms with van der Waals surface area (Å²) >= 11 is 3.42. The molecular formula is C13H14BrN3O. The molecule has 4 nitrogen and oxygen atoms in total. The highest BCUT2D eigenvalue weighted by Crippen LogP contribution is 2.29. The summed E-state index contributed by atoms with van der Waals surface area (Å²) in [7, 11) is 3.48. The first-order valence-corrected chi connectivity index (χ1v) is 6.27. The van der Waals surface area contributed by atoms with Crippen LogP contribution in [0, 0.1) is 0 Å². The summed E-state index contributed by atoms with van der Waals surface area (Å²) in [6.07, 6.45) is 0. The molecule has 1 aromatic carbocycles. The molecule has 0 saturated heterocycles. The summed E-state index contributed by atoms with van der Waals surface area (Å²) in [4.78, 5) is 4.39. The molecule has 0 unspecified atom stereocenters. The number of methoxy groups -OCH3 is 1. The van der Waals surface area contributed by atoms with Crippen molar-refractivity contribution in [2.24, 2.45) is 0 Å². The quantitative estimate of drug-likeness (QED) is 0.905. The second kappa shape index (κ2) is 5.73. The number of aromatic nitrogens is 1. The molecule has 5 heteroatoms. The van der Waals surface area contributed by atoms with Gasteiger partial charge in [-0.2, -0.15) is 0 Å². The van der Waals surface area contributed by atoms with Crippen molar-refractivity contribution < 1.29 is 4.74 Å². The monoisotopic (exact) mass is 307 g/mol. The molecule has 94 valence electrons. The topological polar surface area (TPSA) is 46.2 Å². The van der Waals surface area contributed by atoms with Gasteiger partial charge >= 0.3 is 0 Å². The van der Waals surface area contributed by atoms with Gasteiger partial charge in [0.2, 0.25) is 0 Å². The van der Waals surface area contributed by atoms with Crippen molar-refractivity contribution in [1.82, 2.24) is 4.98 Å². The van der Waals surface area contributed by atoms with Crippen LogP contribution in [0.1, 0.15) is 0 Å². The maximum absolute atomic E-state index is 5.25. The third-order valence-electron chi connectivity index (χ3n) is 2.43. The maximum atomic E-state index is 5.25. The van der Waals surface area contributed by atoms with Crippen molar-refractivity contribution >= 4 is 33.3 Å². The van der Waals surface area contributed by atoms with Crippen molar-refractivity contribution in [3.05, 3.63) is 40.9 Å². The molecule has 0 radical (unpaired) electrons. The highest BCUT2D eigenvalue weighted by atomic mass is 79.9. The first-order chi connectivity index (χ1) is 8.72. The van der Waals surface area contributed by atoms with Gasteiger partial charge in [0.25, 0.3) is 0 Å². The lowest BCUT2D eigenvalue weighted by Crippen LogP contribution is -1.97. The molecule has 0 bridgehead atoms. The second-order valence-corrected chi connectivity index (χ2v) is 4.49. The van der Waals surface area contributed by atoms with Gasteiger partial charge in [-0.15, -0.1) is 0 Å². The van der Waals surface area contributed by atoms with E-state index < -0.39 is 0 Å². The minimum atomic E-state index is 0.782. The van der Waals surface area contributed by atoms with Crippen molar-refractivity contribution in [2.45, 2.75) is 0 Å². The van der Waals surface area contributed by atoms with Gasteiger partial charge in [-0.1, -0.05) is 6.07 Å². The molecule has 0 spiro atoms. The van der Waals surface area contributed by atoms with E-state index in [-0.39, 0.29) is 0 Å². The van der Waals surface area contributed by atoms with Crippen LogP contribution in [0.5, 0.6) is 5.75 Å². The lowest BCUT2D eigenvalue weighted by molar-refractivity contribution is 0.412. The number of nitrogens with zero attached hydrogens (tertiary/aromatic N) is 1. The minimum Gasteiger partial charge on any atom is -0.495 e. The molecule has 18 heavy (non-hydrogen) atoms. The number of benzene rings is 1. The van der Waals surface area contributed by atoms with E-state index in [1.165, 1.54) is 0 Å². The van der Waals surface area contributed by atoms with E-state index in [1.54, 1.807) is 7.11 Å². The smallest absolute Gasteiger partial charge is 0.135 e. The van der Waals surface area contributed by atoms with Gasteiger partial charge in [-0.05, 0) is 40.2 Å². The van der Waals surface area contributed by atoms with E-state index in [0.717, 1.165) is 27.5 Å². The number of nitrogens with one attached hydrogen (secondary N) is 2. The van der Waals surface area contributed by atoms with E-state index in [4.69, 9.17) is 4.74 Å². The molecule has 2 rings (SSSR count). The highest BCUT2D eigenvalue weighted by Gasteiger charge is 2.02. The summed E-state index contributed by atoms with van der Waals surface area (Å²) in [5.41, 5.74) is 0.927. The van der Waals surface area contributed by atoms with Gasteiger partial charge < -0.3 is 15.4 Å². The van der Waals surface area contributed by atoms with Gasteiger partial charge in [0.1, 0.15) is 17.4 Å². The van der Waals surface area contributed by atoms with E-state index in [2.05, 4.69) is 31.5 Å². The van der Waals surface area contributed by atoms with Crippen molar-refractivity contribution in [3.8, 4) is 5.75 Å². The zero-order valence-electron chi connectivity index (χ0n) is 10.2. The zero-order valence-corrected chi connectivity index (χ0v) is 11.8. The van der Waals surface area contributed by atoms with Crippen LogP contribution in [0.15, 0.2) is 40.9 Å². The molecule has 1 aromatic heterocycles. The fraction of sp³-hybridized carbons (Fsp3) is 0.154. The van der Waals surface area contributed by atoms with Gasteiger partial charge in [0, 0.05) is 18.8 Å². The summed E-state index contributed by atoms with van der Waals surface area (Å²) in [6, 6.07) is 11.6. The molecule has 0 atom stereocenters. The minimum absolute atomic E-state index is 0.782. The Hall–Kier alpha value is -1.75. The van der Waals surface area contributed by atoms with Crippen LogP contribution in [-0.4, -0.2) is 19.1 Å². The molecule has 0 saturated carbocycles. The number of hydrogen-bond donors (Lipinski definition) is 2. The Morgan fingerprint density at radius 1 is 1.17 bits per heavy atom. The summed E-state index contributed by atoms with van der Waals surface area (Å²) in [5, 5.41) is 6.23. The SMILES string of the molecule is CNc1cccc(Nc2ccc(Br)c(OC)c2)n1. The Balaban J connectivity index is 2.22. The maximum Gasteiger partial charge on any atom is 0.135 e. The predicted octanol–water partition coefficient (Wildman–Crippen LogP) is 3.64. The Morgan fingerprint density at radius 3 is 2.67 bits per heavy atom. The Morgan fingerprint density at radius 2 is 1.94 bits per heavy atom. The van der Waals surface area contributed by atoms with E-state index in [0.29, 0.717) is 0 Å². The zero-order chi connectivity index (χ0) is 13.0. The van der Waals surface area contributed by atoms with Crippen LogP contribution < -0.4 is 15.4 Å². The van der Waals surface area contributed by atoms with E-state index in [9.17, 15) is 0 Å². The Labute approximate surface area is 115 Å². The molecule has 0 aliphatic carbocycles. The van der Waals surface area contributed by atoms with Crippen molar-refractivity contribution in [1.29, 1.82) is 0 Å². The molecule has 2 N–H and O–H groups in total. The Bertz CT molecular complexity index is 546. The number of hydrogen-bond acceptors (Lipinski definition) is 4. The van der Waals surface area contributed by atoms with Crippen LogP contribution in [-0.2, 0) is 0 Å². The van der Waals surface area contributed by atoms with E-state index >= 15 is 0 Å². The summed E-state index contributed by atoms with van der Waals surface area (Å²) in [6.45, 7) is 0. The number of rotatable bonds is 4. The standard InChI is InChI=1S/C13H14BrN3O/c1-15-12-4-3-5-13(17-12)16-9-6-7-10(14)11(8-9)18-2/h3-8H,1-2H3,(H2,15,16,17). The normalized spacial score (nSPS) is 9.94. The highest BCUT2D eigenvalue weighted by molar-refractivity contribution is 9.10. The van der Waals surface area contributed by atoms with Crippen molar-refractivity contribution in [3.63, 3.8) is 0 Å². The molecule has 0 amide bonds. The largest absolute Gasteiger partial charge is 0.495 e.